The third kappa shape index (κ3) is 3.87. The van der Waals surface area contributed by atoms with E-state index in [1.54, 1.807) is 59.8 Å². The average molecular weight is 382 g/mol. The SMILES string of the molecule is Oc1ccc(Nc2nnc(-c3sccc3SCc3ccncc3)o2)cc1. The van der Waals surface area contributed by atoms with Crippen molar-refractivity contribution in [2.75, 3.05) is 5.32 Å². The van der Waals surface area contributed by atoms with Crippen LogP contribution in [0.25, 0.3) is 10.8 Å². The molecule has 0 unspecified atom stereocenters. The molecule has 0 saturated carbocycles. The van der Waals surface area contributed by atoms with Gasteiger partial charge in [0, 0.05) is 28.7 Å². The number of phenols is 1. The van der Waals surface area contributed by atoms with Gasteiger partial charge in [-0.1, -0.05) is 5.10 Å². The standard InChI is InChI=1S/C18H14N4O2S2/c23-14-3-1-13(2-4-14)20-18-22-21-17(24-18)16-15(7-10-25-16)26-11-12-5-8-19-9-6-12/h1-10,23H,11H2,(H,20,22). The number of anilines is 2. The molecule has 3 aromatic heterocycles. The van der Waals surface area contributed by atoms with Crippen LogP contribution in [0.5, 0.6) is 5.75 Å². The van der Waals surface area contributed by atoms with Gasteiger partial charge in [-0.15, -0.1) is 28.2 Å². The fraction of sp³-hybridized carbons (Fsp3) is 0.0556. The molecule has 0 aliphatic heterocycles. The molecular weight excluding hydrogens is 368 g/mol. The molecule has 0 bridgehead atoms. The third-order valence-corrected chi connectivity index (χ3v) is 5.67. The van der Waals surface area contributed by atoms with Gasteiger partial charge >= 0.3 is 6.01 Å². The first-order valence-electron chi connectivity index (χ1n) is 7.77. The number of hydrogen-bond donors (Lipinski definition) is 2. The highest BCUT2D eigenvalue weighted by molar-refractivity contribution is 7.98. The Kier molecular flexibility index (Phi) is 4.85. The minimum Gasteiger partial charge on any atom is -0.508 e. The fourth-order valence-electron chi connectivity index (χ4n) is 2.24. The molecule has 0 amide bonds. The Morgan fingerprint density at radius 2 is 1.85 bits per heavy atom. The van der Waals surface area contributed by atoms with Crippen LogP contribution < -0.4 is 5.32 Å². The zero-order chi connectivity index (χ0) is 17.8. The molecule has 3 heterocycles. The van der Waals surface area contributed by atoms with E-state index >= 15 is 0 Å². The summed E-state index contributed by atoms with van der Waals surface area (Å²) < 4.78 is 5.75. The zero-order valence-electron chi connectivity index (χ0n) is 13.5. The van der Waals surface area contributed by atoms with Crippen molar-refractivity contribution >= 4 is 34.8 Å². The van der Waals surface area contributed by atoms with Crippen LogP contribution in [0, 0.1) is 0 Å². The monoisotopic (exact) mass is 382 g/mol. The molecule has 6 nitrogen and oxygen atoms in total. The summed E-state index contributed by atoms with van der Waals surface area (Å²) in [5.74, 6) is 1.54. The van der Waals surface area contributed by atoms with Gasteiger partial charge in [0.25, 0.3) is 5.89 Å². The second kappa shape index (κ2) is 7.59. The third-order valence-electron chi connectivity index (χ3n) is 3.51. The maximum Gasteiger partial charge on any atom is 0.320 e. The molecule has 0 radical (unpaired) electrons. The number of phenolic OH excluding ortho intramolecular Hbond substituents is 1. The van der Waals surface area contributed by atoms with Gasteiger partial charge in [-0.3, -0.25) is 4.98 Å². The quantitative estimate of drug-likeness (QED) is 0.361. The van der Waals surface area contributed by atoms with Crippen molar-refractivity contribution in [3.8, 4) is 16.5 Å². The maximum atomic E-state index is 9.33. The van der Waals surface area contributed by atoms with E-state index in [9.17, 15) is 5.11 Å². The molecule has 0 aliphatic carbocycles. The van der Waals surface area contributed by atoms with Crippen LogP contribution in [0.4, 0.5) is 11.7 Å². The van der Waals surface area contributed by atoms with Crippen molar-refractivity contribution in [2.24, 2.45) is 0 Å². The summed E-state index contributed by atoms with van der Waals surface area (Å²) in [6.45, 7) is 0. The Morgan fingerprint density at radius 1 is 1.04 bits per heavy atom. The predicted molar refractivity (Wildman–Crippen MR) is 103 cm³/mol. The van der Waals surface area contributed by atoms with E-state index in [2.05, 4.69) is 26.6 Å². The summed E-state index contributed by atoms with van der Waals surface area (Å²) in [6.07, 6.45) is 3.59. The van der Waals surface area contributed by atoms with Gasteiger partial charge in [-0.05, 0) is 53.4 Å². The van der Waals surface area contributed by atoms with Gasteiger partial charge < -0.3 is 14.8 Å². The second-order valence-electron chi connectivity index (χ2n) is 5.34. The highest BCUT2D eigenvalue weighted by Crippen LogP contribution is 2.37. The Balaban J connectivity index is 1.47. The minimum atomic E-state index is 0.205. The van der Waals surface area contributed by atoms with Crippen molar-refractivity contribution in [1.82, 2.24) is 15.2 Å². The molecular formula is C18H14N4O2S2. The molecule has 26 heavy (non-hydrogen) atoms. The van der Waals surface area contributed by atoms with Gasteiger partial charge in [0.2, 0.25) is 0 Å². The number of thioether (sulfide) groups is 1. The van der Waals surface area contributed by atoms with E-state index in [1.807, 2.05) is 17.5 Å². The Labute approximate surface area is 157 Å². The van der Waals surface area contributed by atoms with Crippen LogP contribution in [-0.4, -0.2) is 20.3 Å². The first-order valence-corrected chi connectivity index (χ1v) is 9.63. The van der Waals surface area contributed by atoms with E-state index in [4.69, 9.17) is 4.42 Å². The molecule has 4 aromatic rings. The molecule has 130 valence electrons. The summed E-state index contributed by atoms with van der Waals surface area (Å²) in [6, 6.07) is 13.0. The number of nitrogens with zero attached hydrogens (tertiary/aromatic N) is 3. The van der Waals surface area contributed by atoms with Crippen LogP contribution in [0.15, 0.2) is 69.6 Å². The highest BCUT2D eigenvalue weighted by Gasteiger charge is 2.15. The summed E-state index contributed by atoms with van der Waals surface area (Å²) in [5.41, 5.74) is 1.97. The van der Waals surface area contributed by atoms with E-state index in [0.29, 0.717) is 11.9 Å². The van der Waals surface area contributed by atoms with Gasteiger partial charge in [-0.2, -0.15) is 0 Å². The average Bonchev–Trinajstić information content (AvgIpc) is 3.32. The lowest BCUT2D eigenvalue weighted by Crippen LogP contribution is -1.89. The number of hydrogen-bond acceptors (Lipinski definition) is 8. The second-order valence-corrected chi connectivity index (χ2v) is 7.28. The number of rotatable bonds is 6. The maximum absolute atomic E-state index is 9.33. The largest absolute Gasteiger partial charge is 0.508 e. The Bertz CT molecular complexity index is 984. The first-order chi connectivity index (χ1) is 12.8. The van der Waals surface area contributed by atoms with Crippen LogP contribution in [0.1, 0.15) is 5.56 Å². The summed E-state index contributed by atoms with van der Waals surface area (Å²) >= 11 is 3.29. The van der Waals surface area contributed by atoms with Gasteiger partial charge in [0.15, 0.2) is 0 Å². The van der Waals surface area contributed by atoms with Crippen molar-refractivity contribution in [2.45, 2.75) is 10.6 Å². The van der Waals surface area contributed by atoms with Crippen LogP contribution >= 0.6 is 23.1 Å². The summed E-state index contributed by atoms with van der Waals surface area (Å²) in [5, 5.41) is 22.6. The van der Waals surface area contributed by atoms with E-state index in [0.717, 1.165) is 21.2 Å². The molecule has 1 aromatic carbocycles. The number of thiophene rings is 1. The lowest BCUT2D eigenvalue weighted by molar-refractivity contribution is 0.475. The van der Waals surface area contributed by atoms with Crippen molar-refractivity contribution < 1.29 is 9.52 Å². The number of aromatic nitrogens is 3. The molecule has 0 spiro atoms. The molecule has 0 atom stereocenters. The fourth-order valence-corrected chi connectivity index (χ4v) is 4.25. The normalized spacial score (nSPS) is 10.8. The van der Waals surface area contributed by atoms with Gasteiger partial charge in [-0.25, -0.2) is 0 Å². The number of nitrogens with one attached hydrogen (secondary N) is 1. The van der Waals surface area contributed by atoms with Crippen molar-refractivity contribution in [1.29, 1.82) is 0 Å². The smallest absolute Gasteiger partial charge is 0.320 e. The van der Waals surface area contributed by atoms with Crippen molar-refractivity contribution in [3.05, 3.63) is 65.8 Å². The lowest BCUT2D eigenvalue weighted by atomic mass is 10.3. The molecule has 0 fully saturated rings. The van der Waals surface area contributed by atoms with Crippen LogP contribution in [0.3, 0.4) is 0 Å². The Hall–Kier alpha value is -2.84. The number of benzene rings is 1. The van der Waals surface area contributed by atoms with Gasteiger partial charge in [0.05, 0.1) is 0 Å². The zero-order valence-corrected chi connectivity index (χ0v) is 15.1. The lowest BCUT2D eigenvalue weighted by Gasteiger charge is -2.02. The molecule has 4 rings (SSSR count). The van der Waals surface area contributed by atoms with Crippen molar-refractivity contribution in [3.63, 3.8) is 0 Å². The van der Waals surface area contributed by atoms with Gasteiger partial charge in [0.1, 0.15) is 10.6 Å². The number of pyridine rings is 1. The van der Waals surface area contributed by atoms with E-state index in [-0.39, 0.29) is 5.75 Å². The van der Waals surface area contributed by atoms with E-state index < -0.39 is 0 Å². The molecule has 0 aliphatic rings. The van der Waals surface area contributed by atoms with Crippen LogP contribution in [0.2, 0.25) is 0 Å². The molecule has 2 N–H and O–H groups in total. The number of aromatic hydroxyl groups is 1. The highest BCUT2D eigenvalue weighted by atomic mass is 32.2. The summed E-state index contributed by atoms with van der Waals surface area (Å²) in [4.78, 5) is 6.09. The minimum absolute atomic E-state index is 0.205. The molecule has 8 heteroatoms. The first kappa shape index (κ1) is 16.6. The Morgan fingerprint density at radius 3 is 2.65 bits per heavy atom. The van der Waals surface area contributed by atoms with Crippen LogP contribution in [-0.2, 0) is 5.75 Å². The topological polar surface area (TPSA) is 84.1 Å². The summed E-state index contributed by atoms with van der Waals surface area (Å²) in [7, 11) is 0. The molecule has 0 saturated heterocycles. The predicted octanol–water partition coefficient (Wildman–Crippen LogP) is 4.93. The van der Waals surface area contributed by atoms with E-state index in [1.165, 1.54) is 5.56 Å².